The Labute approximate surface area is 148 Å². The summed E-state index contributed by atoms with van der Waals surface area (Å²) in [6.07, 6.45) is 1.46. The zero-order valence-electron chi connectivity index (χ0n) is 13.1. The first-order valence-electron chi connectivity index (χ1n) is 7.52. The minimum Gasteiger partial charge on any atom is -0.484 e. The minimum absolute atomic E-state index is 0.0702. The number of imide groups is 1. The number of pyridine rings is 1. The van der Waals surface area contributed by atoms with Gasteiger partial charge in [0.1, 0.15) is 11.4 Å². The van der Waals surface area contributed by atoms with E-state index in [2.05, 4.69) is 10.3 Å². The first kappa shape index (κ1) is 16.9. The first-order valence-corrected chi connectivity index (χ1v) is 7.90. The minimum atomic E-state index is -0.452. The Morgan fingerprint density at radius 2 is 1.92 bits per heavy atom. The summed E-state index contributed by atoms with van der Waals surface area (Å²) in [6, 6.07) is 9.78. The predicted molar refractivity (Wildman–Crippen MR) is 89.6 cm³/mol. The zero-order chi connectivity index (χ0) is 17.8. The molecular formula is C17H14ClN3O4. The molecule has 25 heavy (non-hydrogen) atoms. The lowest BCUT2D eigenvalue weighted by Crippen LogP contribution is -2.39. The van der Waals surface area contributed by atoms with Crippen LogP contribution >= 0.6 is 11.6 Å². The number of hydrogen-bond donors (Lipinski definition) is 1. The van der Waals surface area contributed by atoms with Crippen LogP contribution in [-0.4, -0.2) is 47.3 Å². The molecule has 0 atom stereocenters. The van der Waals surface area contributed by atoms with Gasteiger partial charge < -0.3 is 10.1 Å². The second-order valence-electron chi connectivity index (χ2n) is 5.25. The highest BCUT2D eigenvalue weighted by Gasteiger charge is 2.36. The van der Waals surface area contributed by atoms with E-state index in [1.165, 1.54) is 6.20 Å². The molecule has 1 N–H and O–H groups in total. The van der Waals surface area contributed by atoms with E-state index in [-0.39, 0.29) is 36.9 Å². The van der Waals surface area contributed by atoms with Crippen molar-refractivity contribution in [2.75, 3.05) is 19.7 Å². The molecule has 1 aliphatic heterocycles. The number of hydrogen-bond acceptors (Lipinski definition) is 5. The molecule has 3 amide bonds. The lowest BCUT2D eigenvalue weighted by Gasteiger charge is -2.14. The third kappa shape index (κ3) is 3.77. The molecule has 8 heteroatoms. The van der Waals surface area contributed by atoms with Crippen molar-refractivity contribution in [2.45, 2.75) is 0 Å². The molecule has 1 aromatic carbocycles. The molecule has 1 aliphatic rings. The van der Waals surface area contributed by atoms with Gasteiger partial charge in [-0.1, -0.05) is 11.6 Å². The van der Waals surface area contributed by atoms with Gasteiger partial charge in [-0.15, -0.1) is 0 Å². The second-order valence-corrected chi connectivity index (χ2v) is 5.69. The standard InChI is InChI=1S/C17H14ClN3O4/c18-11-3-5-12(6-4-11)25-10-14(22)19-8-9-21-16(23)13-2-1-7-20-15(13)17(21)24/h1-7H,8-10H2,(H,19,22). The summed E-state index contributed by atoms with van der Waals surface area (Å²) >= 11 is 5.76. The van der Waals surface area contributed by atoms with Crippen LogP contribution in [0.15, 0.2) is 42.6 Å². The molecule has 128 valence electrons. The van der Waals surface area contributed by atoms with Crippen LogP contribution in [-0.2, 0) is 4.79 Å². The molecule has 2 aromatic rings. The summed E-state index contributed by atoms with van der Waals surface area (Å²) < 4.78 is 5.31. The number of carbonyl (C=O) groups is 3. The molecule has 0 spiro atoms. The van der Waals surface area contributed by atoms with E-state index in [9.17, 15) is 14.4 Å². The molecule has 0 bridgehead atoms. The topological polar surface area (TPSA) is 88.6 Å². The maximum absolute atomic E-state index is 12.1. The number of amides is 3. The molecule has 0 radical (unpaired) electrons. The van der Waals surface area contributed by atoms with Crippen LogP contribution in [0.1, 0.15) is 20.8 Å². The van der Waals surface area contributed by atoms with Crippen LogP contribution < -0.4 is 10.1 Å². The number of rotatable bonds is 6. The largest absolute Gasteiger partial charge is 0.484 e. The van der Waals surface area contributed by atoms with Crippen LogP contribution in [0.2, 0.25) is 5.02 Å². The SMILES string of the molecule is O=C(COc1ccc(Cl)cc1)NCCN1C(=O)c2cccnc2C1=O. The highest BCUT2D eigenvalue weighted by molar-refractivity contribution is 6.30. The van der Waals surface area contributed by atoms with E-state index in [0.29, 0.717) is 10.8 Å². The Kier molecular flexibility index (Phi) is 4.95. The van der Waals surface area contributed by atoms with Gasteiger partial charge in [0, 0.05) is 24.3 Å². The van der Waals surface area contributed by atoms with Crippen molar-refractivity contribution < 1.29 is 19.1 Å². The van der Waals surface area contributed by atoms with Crippen LogP contribution in [0, 0.1) is 0 Å². The molecule has 0 unspecified atom stereocenters. The Morgan fingerprint density at radius 3 is 2.64 bits per heavy atom. The highest BCUT2D eigenvalue weighted by atomic mass is 35.5. The van der Waals surface area contributed by atoms with Crippen molar-refractivity contribution >= 4 is 29.3 Å². The molecule has 0 fully saturated rings. The summed E-state index contributed by atoms with van der Waals surface area (Å²) in [7, 11) is 0. The Hall–Kier alpha value is -2.93. The van der Waals surface area contributed by atoms with E-state index in [0.717, 1.165) is 4.90 Å². The monoisotopic (exact) mass is 359 g/mol. The van der Waals surface area contributed by atoms with Crippen molar-refractivity contribution in [1.82, 2.24) is 15.2 Å². The lowest BCUT2D eigenvalue weighted by atomic mass is 10.2. The molecular weight excluding hydrogens is 346 g/mol. The van der Waals surface area contributed by atoms with Gasteiger partial charge in [-0.3, -0.25) is 24.3 Å². The average molecular weight is 360 g/mol. The fourth-order valence-corrected chi connectivity index (χ4v) is 2.48. The van der Waals surface area contributed by atoms with E-state index in [1.54, 1.807) is 36.4 Å². The smallest absolute Gasteiger partial charge is 0.280 e. The van der Waals surface area contributed by atoms with E-state index in [1.807, 2.05) is 0 Å². The van der Waals surface area contributed by atoms with Gasteiger partial charge in [0.15, 0.2) is 6.61 Å². The third-order valence-electron chi connectivity index (χ3n) is 3.57. The summed E-state index contributed by atoms with van der Waals surface area (Å²) in [6.45, 7) is 0.0281. The number of nitrogens with zero attached hydrogens (tertiary/aromatic N) is 2. The Morgan fingerprint density at radius 1 is 1.16 bits per heavy atom. The van der Waals surface area contributed by atoms with Gasteiger partial charge in [-0.2, -0.15) is 0 Å². The average Bonchev–Trinajstić information content (AvgIpc) is 2.86. The fraction of sp³-hybridized carbons (Fsp3) is 0.176. The quantitative estimate of drug-likeness (QED) is 0.790. The van der Waals surface area contributed by atoms with Crippen molar-refractivity contribution in [3.63, 3.8) is 0 Å². The highest BCUT2D eigenvalue weighted by Crippen LogP contribution is 2.19. The lowest BCUT2D eigenvalue weighted by molar-refractivity contribution is -0.123. The van der Waals surface area contributed by atoms with E-state index in [4.69, 9.17) is 16.3 Å². The molecule has 7 nitrogen and oxygen atoms in total. The molecule has 3 rings (SSSR count). The van der Waals surface area contributed by atoms with Gasteiger partial charge >= 0.3 is 0 Å². The summed E-state index contributed by atoms with van der Waals surface area (Å²) in [4.78, 5) is 41.0. The summed E-state index contributed by atoms with van der Waals surface area (Å²) in [5.74, 6) is -0.692. The van der Waals surface area contributed by atoms with Crippen LogP contribution in [0.4, 0.5) is 0 Å². The Bertz CT molecular complexity index is 788. The second kappa shape index (κ2) is 7.31. The van der Waals surface area contributed by atoms with E-state index >= 15 is 0 Å². The Balaban J connectivity index is 1.45. The van der Waals surface area contributed by atoms with Gasteiger partial charge in [0.25, 0.3) is 17.7 Å². The number of carbonyl (C=O) groups excluding carboxylic acids is 3. The number of benzene rings is 1. The first-order chi connectivity index (χ1) is 12.1. The normalized spacial score (nSPS) is 12.9. The van der Waals surface area contributed by atoms with Gasteiger partial charge in [-0.05, 0) is 36.4 Å². The molecule has 0 saturated carbocycles. The van der Waals surface area contributed by atoms with Gasteiger partial charge in [0.2, 0.25) is 0 Å². The maximum atomic E-state index is 12.1. The van der Waals surface area contributed by atoms with Crippen LogP contribution in [0.25, 0.3) is 0 Å². The summed E-state index contributed by atoms with van der Waals surface area (Å²) in [5, 5.41) is 3.18. The summed E-state index contributed by atoms with van der Waals surface area (Å²) in [5.41, 5.74) is 0.426. The molecule has 0 aliphatic carbocycles. The fourth-order valence-electron chi connectivity index (χ4n) is 2.35. The number of nitrogens with one attached hydrogen (secondary N) is 1. The van der Waals surface area contributed by atoms with Gasteiger partial charge in [0.05, 0.1) is 5.56 Å². The van der Waals surface area contributed by atoms with Crippen LogP contribution in [0.3, 0.4) is 0 Å². The molecule has 2 heterocycles. The third-order valence-corrected chi connectivity index (χ3v) is 3.82. The van der Waals surface area contributed by atoms with Gasteiger partial charge in [-0.25, -0.2) is 0 Å². The van der Waals surface area contributed by atoms with Crippen LogP contribution in [0.5, 0.6) is 5.75 Å². The number of halogens is 1. The number of aromatic nitrogens is 1. The number of ether oxygens (including phenoxy) is 1. The maximum Gasteiger partial charge on any atom is 0.280 e. The molecule has 1 aromatic heterocycles. The van der Waals surface area contributed by atoms with Crippen molar-refractivity contribution in [3.05, 3.63) is 58.9 Å². The predicted octanol–water partition coefficient (Wildman–Crippen LogP) is 1.53. The van der Waals surface area contributed by atoms with Crippen molar-refractivity contribution in [2.24, 2.45) is 0 Å². The van der Waals surface area contributed by atoms with Crippen molar-refractivity contribution in [1.29, 1.82) is 0 Å². The zero-order valence-corrected chi connectivity index (χ0v) is 13.8. The number of fused-ring (bicyclic) bond motifs is 1. The van der Waals surface area contributed by atoms with E-state index < -0.39 is 11.8 Å². The molecule has 0 saturated heterocycles. The van der Waals surface area contributed by atoms with Crippen molar-refractivity contribution in [3.8, 4) is 5.75 Å².